The average Bonchev–Trinajstić information content (AvgIpc) is 2.91. The van der Waals surface area contributed by atoms with Gasteiger partial charge in [-0.15, -0.1) is 0 Å². The van der Waals surface area contributed by atoms with Gasteiger partial charge in [0.2, 0.25) is 0 Å². The van der Waals surface area contributed by atoms with Gasteiger partial charge in [-0.05, 0) is 85.3 Å². The minimum atomic E-state index is -0.407. The molecule has 0 radical (unpaired) electrons. The summed E-state index contributed by atoms with van der Waals surface area (Å²) in [6.07, 6.45) is 16.9. The van der Waals surface area contributed by atoms with Gasteiger partial charge in [-0.25, -0.2) is 4.79 Å². The van der Waals surface area contributed by atoms with Crippen LogP contribution in [0, 0.1) is 23.2 Å². The number of esters is 1. The third kappa shape index (κ3) is 8.51. The Bertz CT molecular complexity index is 980. The third-order valence-electron chi connectivity index (χ3n) is 8.08. The third-order valence-corrected chi connectivity index (χ3v) is 8.08. The highest BCUT2D eigenvalue weighted by Crippen LogP contribution is 2.38. The molecule has 1 unspecified atom stereocenters. The van der Waals surface area contributed by atoms with Crippen LogP contribution in [0.25, 0.3) is 0 Å². The number of nitrogens with zero attached hydrogens (tertiary/aromatic N) is 1. The highest BCUT2D eigenvalue weighted by molar-refractivity contribution is 5.91. The van der Waals surface area contributed by atoms with E-state index < -0.39 is 5.97 Å². The number of carbonyl (C=O) groups is 1. The summed E-state index contributed by atoms with van der Waals surface area (Å²) < 4.78 is 5.62. The smallest absolute Gasteiger partial charge is 0.343 e. The number of rotatable bonds is 13. The first-order chi connectivity index (χ1) is 17.5. The molecule has 3 heteroatoms. The van der Waals surface area contributed by atoms with Crippen LogP contribution in [0.3, 0.4) is 0 Å². The fraction of sp³-hybridized carbons (Fsp3) is 0.576. The van der Waals surface area contributed by atoms with Crippen molar-refractivity contribution >= 4 is 5.97 Å². The Morgan fingerprint density at radius 3 is 2.33 bits per heavy atom. The van der Waals surface area contributed by atoms with Gasteiger partial charge >= 0.3 is 5.97 Å². The molecule has 2 aromatic carbocycles. The van der Waals surface area contributed by atoms with Gasteiger partial charge in [-0.1, -0.05) is 90.3 Å². The summed E-state index contributed by atoms with van der Waals surface area (Å²) in [5.41, 5.74) is 3.38. The van der Waals surface area contributed by atoms with Gasteiger partial charge in [-0.2, -0.15) is 5.26 Å². The molecule has 0 aromatic heterocycles. The van der Waals surface area contributed by atoms with E-state index in [1.54, 1.807) is 6.07 Å². The number of benzene rings is 2. The zero-order valence-electron chi connectivity index (χ0n) is 22.7. The van der Waals surface area contributed by atoms with E-state index in [4.69, 9.17) is 4.74 Å². The predicted octanol–water partition coefficient (Wildman–Crippen LogP) is 9.39. The molecule has 0 bridgehead atoms. The van der Waals surface area contributed by atoms with Crippen molar-refractivity contribution in [2.75, 3.05) is 0 Å². The topological polar surface area (TPSA) is 50.1 Å². The summed E-state index contributed by atoms with van der Waals surface area (Å²) in [4.78, 5) is 12.8. The number of hydrogen-bond acceptors (Lipinski definition) is 3. The van der Waals surface area contributed by atoms with Crippen LogP contribution in [-0.4, -0.2) is 5.97 Å². The van der Waals surface area contributed by atoms with Crippen LogP contribution >= 0.6 is 0 Å². The van der Waals surface area contributed by atoms with Crippen LogP contribution in [-0.2, 0) is 6.42 Å². The summed E-state index contributed by atoms with van der Waals surface area (Å²) in [5.74, 6) is 1.98. The van der Waals surface area contributed by atoms with E-state index in [1.807, 2.05) is 24.3 Å². The number of nitriles is 1. The van der Waals surface area contributed by atoms with E-state index in [0.29, 0.717) is 28.7 Å². The Labute approximate surface area is 219 Å². The molecule has 0 N–H and O–H groups in total. The lowest BCUT2D eigenvalue weighted by molar-refractivity contribution is 0.0734. The van der Waals surface area contributed by atoms with E-state index in [0.717, 1.165) is 24.3 Å². The molecule has 1 aliphatic carbocycles. The van der Waals surface area contributed by atoms with Gasteiger partial charge in [-0.3, -0.25) is 0 Å². The van der Waals surface area contributed by atoms with Crippen molar-refractivity contribution in [2.45, 2.75) is 110 Å². The second kappa shape index (κ2) is 14.8. The Morgan fingerprint density at radius 1 is 0.972 bits per heavy atom. The molecule has 1 aliphatic rings. The highest BCUT2D eigenvalue weighted by Gasteiger charge is 2.22. The molecule has 2 aromatic rings. The molecule has 0 amide bonds. The molecular weight excluding hydrogens is 442 g/mol. The predicted molar refractivity (Wildman–Crippen MR) is 148 cm³/mol. The molecule has 0 heterocycles. The summed E-state index contributed by atoms with van der Waals surface area (Å²) >= 11 is 0. The first-order valence-corrected chi connectivity index (χ1v) is 14.4. The summed E-state index contributed by atoms with van der Waals surface area (Å²) in [5, 5.41) is 9.57. The average molecular weight is 488 g/mol. The summed E-state index contributed by atoms with van der Waals surface area (Å²) in [6.45, 7) is 6.64. The molecule has 194 valence electrons. The minimum Gasteiger partial charge on any atom is -0.422 e. The molecule has 1 atom stereocenters. The van der Waals surface area contributed by atoms with E-state index in [-0.39, 0.29) is 0 Å². The molecule has 3 rings (SSSR count). The van der Waals surface area contributed by atoms with Crippen molar-refractivity contribution in [3.63, 3.8) is 0 Å². The Morgan fingerprint density at radius 2 is 1.67 bits per heavy atom. The van der Waals surface area contributed by atoms with Crippen molar-refractivity contribution in [2.24, 2.45) is 11.8 Å². The van der Waals surface area contributed by atoms with Gasteiger partial charge in [0.05, 0.1) is 11.1 Å². The van der Waals surface area contributed by atoms with E-state index in [2.05, 4.69) is 39.0 Å². The SMILES string of the molecule is CCCCCCCCC1CCC(c2ccc(C(=O)Oc3ccc(CC(C)CC)cc3C#N)cc2)CC1. The maximum atomic E-state index is 12.8. The van der Waals surface area contributed by atoms with Crippen molar-refractivity contribution in [1.82, 2.24) is 0 Å². The first-order valence-electron chi connectivity index (χ1n) is 14.4. The fourth-order valence-corrected chi connectivity index (χ4v) is 5.48. The molecule has 1 saturated carbocycles. The monoisotopic (exact) mass is 487 g/mol. The number of carbonyl (C=O) groups excluding carboxylic acids is 1. The second-order valence-corrected chi connectivity index (χ2v) is 10.9. The van der Waals surface area contributed by atoms with Crippen LogP contribution < -0.4 is 4.74 Å². The Hall–Kier alpha value is -2.60. The number of hydrogen-bond donors (Lipinski definition) is 0. The van der Waals surface area contributed by atoms with Crippen LogP contribution in [0.2, 0.25) is 0 Å². The van der Waals surface area contributed by atoms with Gasteiger partial charge in [0.25, 0.3) is 0 Å². The maximum absolute atomic E-state index is 12.8. The van der Waals surface area contributed by atoms with Crippen molar-refractivity contribution < 1.29 is 9.53 Å². The molecule has 0 aliphatic heterocycles. The molecule has 0 saturated heterocycles. The summed E-state index contributed by atoms with van der Waals surface area (Å²) in [7, 11) is 0. The number of unbranched alkanes of at least 4 members (excludes halogenated alkanes) is 5. The lowest BCUT2D eigenvalue weighted by atomic mass is 9.77. The zero-order chi connectivity index (χ0) is 25.8. The molecule has 3 nitrogen and oxygen atoms in total. The molecule has 0 spiro atoms. The lowest BCUT2D eigenvalue weighted by Crippen LogP contribution is -2.14. The van der Waals surface area contributed by atoms with Gasteiger partial charge in [0.15, 0.2) is 0 Å². The summed E-state index contributed by atoms with van der Waals surface area (Å²) in [6, 6.07) is 15.7. The highest BCUT2D eigenvalue weighted by atomic mass is 16.5. The van der Waals surface area contributed by atoms with E-state index in [1.165, 1.54) is 76.2 Å². The Balaban J connectivity index is 1.48. The largest absolute Gasteiger partial charge is 0.422 e. The quantitative estimate of drug-likeness (QED) is 0.161. The second-order valence-electron chi connectivity index (χ2n) is 10.9. The van der Waals surface area contributed by atoms with Crippen molar-refractivity contribution in [3.05, 3.63) is 64.7 Å². The van der Waals surface area contributed by atoms with Crippen LogP contribution in [0.15, 0.2) is 42.5 Å². The number of ether oxygens (including phenoxy) is 1. The van der Waals surface area contributed by atoms with E-state index >= 15 is 0 Å². The van der Waals surface area contributed by atoms with E-state index in [9.17, 15) is 10.1 Å². The maximum Gasteiger partial charge on any atom is 0.343 e. The van der Waals surface area contributed by atoms with Gasteiger partial charge < -0.3 is 4.74 Å². The lowest BCUT2D eigenvalue weighted by Gasteiger charge is -2.29. The molecular formula is C33H45NO2. The van der Waals surface area contributed by atoms with Crippen molar-refractivity contribution in [3.8, 4) is 11.8 Å². The van der Waals surface area contributed by atoms with Crippen molar-refractivity contribution in [1.29, 1.82) is 5.26 Å². The minimum absolute atomic E-state index is 0.336. The van der Waals surface area contributed by atoms with Gasteiger partial charge in [0, 0.05) is 0 Å². The molecule has 36 heavy (non-hydrogen) atoms. The normalized spacial score (nSPS) is 18.4. The zero-order valence-corrected chi connectivity index (χ0v) is 22.7. The fourth-order valence-electron chi connectivity index (χ4n) is 5.48. The van der Waals surface area contributed by atoms with Crippen LogP contribution in [0.4, 0.5) is 0 Å². The Kier molecular flexibility index (Phi) is 11.5. The first kappa shape index (κ1) is 28.0. The van der Waals surface area contributed by atoms with Crippen LogP contribution in [0.5, 0.6) is 5.75 Å². The van der Waals surface area contributed by atoms with Gasteiger partial charge in [0.1, 0.15) is 11.8 Å². The molecule has 1 fully saturated rings. The van der Waals surface area contributed by atoms with Crippen LogP contribution in [0.1, 0.15) is 131 Å². The standard InChI is InChI=1S/C33H45NO2/c1-4-6-7-8-9-10-11-26-12-15-28(16-13-26)29-17-19-30(20-18-29)33(35)36-32-21-14-27(22-25(3)5-2)23-31(32)24-34/h14,17-21,23,25-26,28H,4-13,15-16,22H2,1-3H3.